The molecule has 1 aliphatic rings. The zero-order valence-corrected chi connectivity index (χ0v) is 10.9. The summed E-state index contributed by atoms with van der Waals surface area (Å²) in [7, 11) is 0. The lowest BCUT2D eigenvalue weighted by Gasteiger charge is -2.29. The number of rotatable bonds is 4. The van der Waals surface area contributed by atoms with Gasteiger partial charge in [0.15, 0.2) is 0 Å². The highest BCUT2D eigenvalue weighted by Gasteiger charge is 2.20. The normalized spacial score (nSPS) is 16.5. The zero-order valence-electron chi connectivity index (χ0n) is 10.9. The second-order valence-corrected chi connectivity index (χ2v) is 4.78. The van der Waals surface area contributed by atoms with E-state index in [1.165, 1.54) is 0 Å². The highest BCUT2D eigenvalue weighted by Crippen LogP contribution is 2.15. The Hall–Kier alpha value is -1.42. The smallest absolute Gasteiger partial charge is 0.255 e. The molecule has 0 radical (unpaired) electrons. The Kier molecular flexibility index (Phi) is 4.70. The van der Waals surface area contributed by atoms with Crippen LogP contribution in [0.2, 0.25) is 0 Å². The Balaban J connectivity index is 1.97. The van der Waals surface area contributed by atoms with Gasteiger partial charge >= 0.3 is 0 Å². The standard InChI is InChI=1S/C14H21N3O/c1-2-17(11-12-5-8-15-9-6-12)14(18)13-4-3-7-16-10-13/h3-4,7,10,12,15H,2,5-6,8-9,11H2,1H3. The van der Waals surface area contributed by atoms with E-state index in [0.717, 1.165) is 39.0 Å². The first-order chi connectivity index (χ1) is 8.81. The van der Waals surface area contributed by atoms with Crippen LogP contribution in [0.5, 0.6) is 0 Å². The van der Waals surface area contributed by atoms with Crippen molar-refractivity contribution >= 4 is 5.91 Å². The third kappa shape index (κ3) is 3.29. The SMILES string of the molecule is CCN(CC1CCNCC1)C(=O)c1cccnc1. The summed E-state index contributed by atoms with van der Waals surface area (Å²) in [4.78, 5) is 18.3. The van der Waals surface area contributed by atoms with E-state index in [-0.39, 0.29) is 5.91 Å². The molecule has 0 saturated carbocycles. The monoisotopic (exact) mass is 247 g/mol. The molecule has 1 aromatic rings. The minimum absolute atomic E-state index is 0.101. The minimum Gasteiger partial charge on any atom is -0.339 e. The number of hydrogen-bond donors (Lipinski definition) is 1. The van der Waals surface area contributed by atoms with Gasteiger partial charge in [-0.1, -0.05) is 0 Å². The third-order valence-electron chi connectivity index (χ3n) is 3.51. The molecule has 1 saturated heterocycles. The number of hydrogen-bond acceptors (Lipinski definition) is 3. The van der Waals surface area contributed by atoms with Crippen LogP contribution in [0.15, 0.2) is 24.5 Å². The van der Waals surface area contributed by atoms with Gasteiger partial charge in [-0.05, 0) is 50.9 Å². The van der Waals surface area contributed by atoms with Crippen LogP contribution in [0.25, 0.3) is 0 Å². The molecule has 0 atom stereocenters. The number of piperidine rings is 1. The Labute approximate surface area is 108 Å². The van der Waals surface area contributed by atoms with Gasteiger partial charge in [0, 0.05) is 25.5 Å². The maximum Gasteiger partial charge on any atom is 0.255 e. The number of nitrogens with one attached hydrogen (secondary N) is 1. The molecule has 1 amide bonds. The predicted octanol–water partition coefficient (Wildman–Crippen LogP) is 1.54. The molecule has 0 unspecified atom stereocenters. The Bertz CT molecular complexity index is 374. The average Bonchev–Trinajstić information content (AvgIpc) is 2.46. The van der Waals surface area contributed by atoms with E-state index in [1.807, 2.05) is 24.0 Å². The van der Waals surface area contributed by atoms with Crippen LogP contribution in [0.4, 0.5) is 0 Å². The molecule has 1 fully saturated rings. The fourth-order valence-electron chi connectivity index (χ4n) is 2.40. The molecule has 0 aliphatic carbocycles. The third-order valence-corrected chi connectivity index (χ3v) is 3.51. The van der Waals surface area contributed by atoms with Crippen molar-refractivity contribution in [1.29, 1.82) is 0 Å². The lowest BCUT2D eigenvalue weighted by molar-refractivity contribution is 0.0726. The van der Waals surface area contributed by atoms with Crippen LogP contribution >= 0.6 is 0 Å². The quantitative estimate of drug-likeness (QED) is 0.878. The van der Waals surface area contributed by atoms with Crippen molar-refractivity contribution in [3.05, 3.63) is 30.1 Å². The van der Waals surface area contributed by atoms with Gasteiger partial charge in [0.1, 0.15) is 0 Å². The maximum atomic E-state index is 12.3. The van der Waals surface area contributed by atoms with Gasteiger partial charge in [0.25, 0.3) is 5.91 Å². The second-order valence-electron chi connectivity index (χ2n) is 4.78. The number of carbonyl (C=O) groups is 1. The summed E-state index contributed by atoms with van der Waals surface area (Å²) >= 11 is 0. The number of pyridine rings is 1. The van der Waals surface area contributed by atoms with E-state index < -0.39 is 0 Å². The molecule has 0 aromatic carbocycles. The van der Waals surface area contributed by atoms with E-state index in [2.05, 4.69) is 10.3 Å². The van der Waals surface area contributed by atoms with E-state index >= 15 is 0 Å². The zero-order chi connectivity index (χ0) is 12.8. The van der Waals surface area contributed by atoms with Crippen molar-refractivity contribution in [2.75, 3.05) is 26.2 Å². The summed E-state index contributed by atoms with van der Waals surface area (Å²) in [6.45, 7) is 5.81. The first kappa shape index (κ1) is 13.0. The summed E-state index contributed by atoms with van der Waals surface area (Å²) < 4.78 is 0. The summed E-state index contributed by atoms with van der Waals surface area (Å²) in [6.07, 6.45) is 5.67. The van der Waals surface area contributed by atoms with Gasteiger partial charge in [-0.25, -0.2) is 0 Å². The molecule has 0 bridgehead atoms. The van der Waals surface area contributed by atoms with E-state index in [4.69, 9.17) is 0 Å². The fraction of sp³-hybridized carbons (Fsp3) is 0.571. The van der Waals surface area contributed by atoms with E-state index in [9.17, 15) is 4.79 Å². The lowest BCUT2D eigenvalue weighted by Crippen LogP contribution is -2.39. The Morgan fingerprint density at radius 3 is 2.89 bits per heavy atom. The molecular weight excluding hydrogens is 226 g/mol. The molecule has 0 spiro atoms. The van der Waals surface area contributed by atoms with Gasteiger partial charge in [0.2, 0.25) is 0 Å². The van der Waals surface area contributed by atoms with Crippen LogP contribution < -0.4 is 5.32 Å². The first-order valence-electron chi connectivity index (χ1n) is 6.71. The van der Waals surface area contributed by atoms with Crippen LogP contribution in [0.3, 0.4) is 0 Å². The molecule has 1 N–H and O–H groups in total. The Morgan fingerprint density at radius 2 is 2.28 bits per heavy atom. The molecule has 1 aromatic heterocycles. The molecule has 1 aliphatic heterocycles. The highest BCUT2D eigenvalue weighted by atomic mass is 16.2. The van der Waals surface area contributed by atoms with Crippen LogP contribution in [-0.4, -0.2) is 42.0 Å². The molecule has 2 rings (SSSR count). The van der Waals surface area contributed by atoms with Gasteiger partial charge in [-0.3, -0.25) is 9.78 Å². The summed E-state index contributed by atoms with van der Waals surface area (Å²) in [5.74, 6) is 0.732. The molecule has 18 heavy (non-hydrogen) atoms. The number of aromatic nitrogens is 1. The highest BCUT2D eigenvalue weighted by molar-refractivity contribution is 5.93. The number of carbonyl (C=O) groups excluding carboxylic acids is 1. The van der Waals surface area contributed by atoms with Gasteiger partial charge < -0.3 is 10.2 Å². The molecule has 98 valence electrons. The van der Waals surface area contributed by atoms with E-state index in [0.29, 0.717) is 11.5 Å². The average molecular weight is 247 g/mol. The lowest BCUT2D eigenvalue weighted by atomic mass is 9.97. The van der Waals surface area contributed by atoms with Gasteiger partial charge in [-0.2, -0.15) is 0 Å². The summed E-state index contributed by atoms with van der Waals surface area (Å²) in [5, 5.41) is 3.35. The molecule has 4 nitrogen and oxygen atoms in total. The fourth-order valence-corrected chi connectivity index (χ4v) is 2.40. The van der Waals surface area contributed by atoms with Crippen LogP contribution in [-0.2, 0) is 0 Å². The second kappa shape index (κ2) is 6.50. The number of nitrogens with zero attached hydrogens (tertiary/aromatic N) is 2. The maximum absolute atomic E-state index is 12.3. The van der Waals surface area contributed by atoms with E-state index in [1.54, 1.807) is 12.4 Å². The number of amides is 1. The predicted molar refractivity (Wildman–Crippen MR) is 71.4 cm³/mol. The van der Waals surface area contributed by atoms with Crippen molar-refractivity contribution < 1.29 is 4.79 Å². The van der Waals surface area contributed by atoms with Crippen molar-refractivity contribution in [1.82, 2.24) is 15.2 Å². The van der Waals surface area contributed by atoms with Gasteiger partial charge in [0.05, 0.1) is 5.56 Å². The topological polar surface area (TPSA) is 45.2 Å². The summed E-state index contributed by atoms with van der Waals surface area (Å²) in [6, 6.07) is 3.64. The summed E-state index contributed by atoms with van der Waals surface area (Å²) in [5.41, 5.74) is 0.688. The van der Waals surface area contributed by atoms with Crippen LogP contribution in [0.1, 0.15) is 30.1 Å². The van der Waals surface area contributed by atoms with Crippen LogP contribution in [0, 0.1) is 5.92 Å². The van der Waals surface area contributed by atoms with Crippen molar-refractivity contribution in [2.24, 2.45) is 5.92 Å². The first-order valence-corrected chi connectivity index (χ1v) is 6.71. The minimum atomic E-state index is 0.101. The molecular formula is C14H21N3O. The van der Waals surface area contributed by atoms with Gasteiger partial charge in [-0.15, -0.1) is 0 Å². The molecule has 4 heteroatoms. The largest absolute Gasteiger partial charge is 0.339 e. The van der Waals surface area contributed by atoms with Crippen molar-refractivity contribution in [3.63, 3.8) is 0 Å². The Morgan fingerprint density at radius 1 is 1.50 bits per heavy atom. The van der Waals surface area contributed by atoms with Crippen molar-refractivity contribution in [3.8, 4) is 0 Å². The van der Waals surface area contributed by atoms with Crippen molar-refractivity contribution in [2.45, 2.75) is 19.8 Å². The molecule has 2 heterocycles.